The fraction of sp³-hybridized carbons (Fsp3) is 0.350. The van der Waals surface area contributed by atoms with Crippen molar-refractivity contribution in [2.45, 2.75) is 11.4 Å². The van der Waals surface area contributed by atoms with E-state index in [-0.39, 0.29) is 4.90 Å². The van der Waals surface area contributed by atoms with Crippen molar-refractivity contribution in [1.82, 2.24) is 14.2 Å². The van der Waals surface area contributed by atoms with Crippen LogP contribution in [-0.4, -0.2) is 62.0 Å². The van der Waals surface area contributed by atoms with Crippen LogP contribution in [0.5, 0.6) is 11.5 Å². The third-order valence-electron chi connectivity index (χ3n) is 5.17. The van der Waals surface area contributed by atoms with Crippen molar-refractivity contribution < 1.29 is 22.3 Å². The monoisotopic (exact) mass is 447 g/mol. The number of aromatic nitrogens is 1. The molecule has 2 aliphatic heterocycles. The molecule has 0 atom stereocenters. The highest BCUT2D eigenvalue weighted by atomic mass is 32.2. The molecule has 158 valence electrons. The molecule has 1 aromatic carbocycles. The molecular formula is C20H21N3O5S2. The maximum absolute atomic E-state index is 13.1. The zero-order valence-electron chi connectivity index (χ0n) is 16.2. The van der Waals surface area contributed by atoms with Crippen LogP contribution in [0.15, 0.2) is 51.3 Å². The molecule has 5 rings (SSSR count). The third-order valence-corrected chi connectivity index (χ3v) is 7.90. The number of fused-ring (bicyclic) bond motifs is 1. The van der Waals surface area contributed by atoms with Crippen LogP contribution in [0, 0.1) is 0 Å². The van der Waals surface area contributed by atoms with Gasteiger partial charge in [0.05, 0.1) is 17.7 Å². The van der Waals surface area contributed by atoms with Crippen LogP contribution < -0.4 is 9.47 Å². The number of thiazole rings is 1. The molecule has 2 aromatic heterocycles. The maximum atomic E-state index is 13.1. The van der Waals surface area contributed by atoms with Gasteiger partial charge in [0.25, 0.3) is 0 Å². The smallest absolute Gasteiger partial charge is 0.243 e. The fourth-order valence-corrected chi connectivity index (χ4v) is 5.84. The van der Waals surface area contributed by atoms with Crippen molar-refractivity contribution in [3.63, 3.8) is 0 Å². The molecule has 4 heterocycles. The summed E-state index contributed by atoms with van der Waals surface area (Å²) in [6, 6.07) is 8.54. The lowest BCUT2D eigenvalue weighted by atomic mass is 10.3. The fourth-order valence-electron chi connectivity index (χ4n) is 3.57. The van der Waals surface area contributed by atoms with E-state index in [9.17, 15) is 8.42 Å². The van der Waals surface area contributed by atoms with Crippen molar-refractivity contribution in [3.05, 3.63) is 47.0 Å². The molecule has 0 aliphatic carbocycles. The highest BCUT2D eigenvalue weighted by Crippen LogP contribution is 2.33. The van der Waals surface area contributed by atoms with E-state index in [1.165, 1.54) is 4.31 Å². The average Bonchev–Trinajstić information content (AvgIpc) is 3.46. The molecule has 1 fully saturated rings. The molecule has 0 unspecified atom stereocenters. The van der Waals surface area contributed by atoms with Crippen molar-refractivity contribution in [2.24, 2.45) is 0 Å². The molecule has 0 N–H and O–H groups in total. The topological polar surface area (TPSA) is 85.1 Å². The number of rotatable bonds is 5. The van der Waals surface area contributed by atoms with Crippen LogP contribution in [-0.2, 0) is 16.6 Å². The van der Waals surface area contributed by atoms with Gasteiger partial charge in [-0.15, -0.1) is 11.3 Å². The van der Waals surface area contributed by atoms with E-state index in [2.05, 4.69) is 9.88 Å². The molecule has 0 bridgehead atoms. The molecule has 0 saturated carbocycles. The summed E-state index contributed by atoms with van der Waals surface area (Å²) in [5.74, 6) is 1.83. The summed E-state index contributed by atoms with van der Waals surface area (Å²) in [5, 5.41) is 2.97. The van der Waals surface area contributed by atoms with Gasteiger partial charge in [-0.05, 0) is 24.3 Å². The number of furan rings is 1. The Morgan fingerprint density at radius 2 is 1.83 bits per heavy atom. The van der Waals surface area contributed by atoms with E-state index in [1.54, 1.807) is 35.8 Å². The van der Waals surface area contributed by atoms with Crippen LogP contribution in [0.3, 0.4) is 0 Å². The Morgan fingerprint density at radius 1 is 1.03 bits per heavy atom. The molecule has 1 saturated heterocycles. The highest BCUT2D eigenvalue weighted by Gasteiger charge is 2.30. The van der Waals surface area contributed by atoms with Gasteiger partial charge in [-0.25, -0.2) is 13.4 Å². The first-order chi connectivity index (χ1) is 14.6. The Morgan fingerprint density at radius 3 is 2.60 bits per heavy atom. The molecule has 0 radical (unpaired) electrons. The van der Waals surface area contributed by atoms with Gasteiger partial charge in [0.1, 0.15) is 23.9 Å². The summed E-state index contributed by atoms with van der Waals surface area (Å²) in [4.78, 5) is 7.09. The van der Waals surface area contributed by atoms with E-state index in [0.717, 1.165) is 16.5 Å². The number of hydrogen-bond acceptors (Lipinski definition) is 8. The number of sulfonamides is 1. The Hall–Kier alpha value is -2.40. The summed E-state index contributed by atoms with van der Waals surface area (Å²) in [7, 11) is -3.57. The standard InChI is InChI=1S/C20H21N3O5S2/c24-30(25,15-3-4-18-19(12-15)28-11-10-27-18)23-7-5-22(6-8-23)13-20-21-16(14-29-20)17-2-1-9-26-17/h1-4,9,12,14H,5-8,10-11,13H2. The molecule has 0 amide bonds. The van der Waals surface area contributed by atoms with Gasteiger partial charge < -0.3 is 13.9 Å². The first-order valence-electron chi connectivity index (χ1n) is 9.70. The van der Waals surface area contributed by atoms with Gasteiger partial charge in [-0.1, -0.05) is 0 Å². The first kappa shape index (κ1) is 19.6. The second kappa shape index (κ2) is 8.03. The molecular weight excluding hydrogens is 426 g/mol. The van der Waals surface area contributed by atoms with E-state index >= 15 is 0 Å². The zero-order valence-corrected chi connectivity index (χ0v) is 17.8. The van der Waals surface area contributed by atoms with Gasteiger partial charge in [-0.3, -0.25) is 4.90 Å². The molecule has 3 aromatic rings. The minimum absolute atomic E-state index is 0.239. The lowest BCUT2D eigenvalue weighted by Crippen LogP contribution is -2.48. The van der Waals surface area contributed by atoms with Gasteiger partial charge in [0.2, 0.25) is 10.0 Å². The van der Waals surface area contributed by atoms with Crippen LogP contribution in [0.1, 0.15) is 5.01 Å². The van der Waals surface area contributed by atoms with Crippen LogP contribution in [0.25, 0.3) is 11.5 Å². The van der Waals surface area contributed by atoms with E-state index in [4.69, 9.17) is 13.9 Å². The van der Waals surface area contributed by atoms with Crippen LogP contribution in [0.4, 0.5) is 0 Å². The minimum atomic E-state index is -3.57. The predicted molar refractivity (Wildman–Crippen MR) is 111 cm³/mol. The summed E-state index contributed by atoms with van der Waals surface area (Å²) in [5.41, 5.74) is 0.833. The molecule has 10 heteroatoms. The van der Waals surface area contributed by atoms with Crippen LogP contribution >= 0.6 is 11.3 Å². The zero-order chi connectivity index (χ0) is 20.6. The van der Waals surface area contributed by atoms with Crippen molar-refractivity contribution in [2.75, 3.05) is 39.4 Å². The maximum Gasteiger partial charge on any atom is 0.243 e. The van der Waals surface area contributed by atoms with Gasteiger partial charge in [0, 0.05) is 37.6 Å². The Labute approximate surface area is 178 Å². The van der Waals surface area contributed by atoms with Crippen molar-refractivity contribution >= 4 is 21.4 Å². The van der Waals surface area contributed by atoms with Crippen LogP contribution in [0.2, 0.25) is 0 Å². The first-order valence-corrected chi connectivity index (χ1v) is 12.0. The predicted octanol–water partition coefficient (Wildman–Crippen LogP) is 2.68. The Kier molecular flexibility index (Phi) is 5.23. The average molecular weight is 448 g/mol. The Balaban J connectivity index is 1.22. The lowest BCUT2D eigenvalue weighted by molar-refractivity contribution is 0.170. The summed E-state index contributed by atoms with van der Waals surface area (Å²) < 4.78 is 44.1. The molecule has 2 aliphatic rings. The molecule has 8 nitrogen and oxygen atoms in total. The van der Waals surface area contributed by atoms with Gasteiger partial charge in [-0.2, -0.15) is 4.31 Å². The van der Waals surface area contributed by atoms with Crippen molar-refractivity contribution in [3.8, 4) is 23.0 Å². The SMILES string of the molecule is O=S(=O)(c1ccc2c(c1)OCCO2)N1CCN(Cc2nc(-c3ccco3)cs2)CC1. The summed E-state index contributed by atoms with van der Waals surface area (Å²) in [6.45, 7) is 3.78. The largest absolute Gasteiger partial charge is 0.486 e. The Bertz CT molecular complexity index is 1120. The second-order valence-electron chi connectivity index (χ2n) is 7.09. The number of ether oxygens (including phenoxy) is 2. The number of nitrogens with zero attached hydrogens (tertiary/aromatic N) is 3. The van der Waals surface area contributed by atoms with Gasteiger partial charge in [0.15, 0.2) is 17.3 Å². The number of hydrogen-bond donors (Lipinski definition) is 0. The highest BCUT2D eigenvalue weighted by molar-refractivity contribution is 7.89. The summed E-state index contributed by atoms with van der Waals surface area (Å²) >= 11 is 1.59. The van der Waals surface area contributed by atoms with E-state index in [1.807, 2.05) is 17.5 Å². The van der Waals surface area contributed by atoms with Crippen molar-refractivity contribution in [1.29, 1.82) is 0 Å². The quantitative estimate of drug-likeness (QED) is 0.594. The lowest BCUT2D eigenvalue weighted by Gasteiger charge is -2.33. The third kappa shape index (κ3) is 3.83. The summed E-state index contributed by atoms with van der Waals surface area (Å²) in [6.07, 6.45) is 1.63. The molecule has 0 spiro atoms. The van der Waals surface area contributed by atoms with E-state index < -0.39 is 10.0 Å². The van der Waals surface area contributed by atoms with Gasteiger partial charge >= 0.3 is 0 Å². The second-order valence-corrected chi connectivity index (χ2v) is 9.97. The number of benzene rings is 1. The van der Waals surface area contributed by atoms with E-state index in [0.29, 0.717) is 57.4 Å². The minimum Gasteiger partial charge on any atom is -0.486 e. The number of piperazine rings is 1. The normalized spacial score (nSPS) is 17.9. The molecule has 30 heavy (non-hydrogen) atoms.